The Balaban J connectivity index is 0.000000195. The van der Waals surface area contributed by atoms with Gasteiger partial charge in [0, 0.05) is 47.5 Å². The Morgan fingerprint density at radius 3 is 2.62 bits per heavy atom. The van der Waals surface area contributed by atoms with Crippen LogP contribution in [-0.4, -0.2) is 42.7 Å². The van der Waals surface area contributed by atoms with Crippen LogP contribution in [0.1, 0.15) is 5.56 Å². The zero-order valence-corrected chi connectivity index (χ0v) is 20.1. The van der Waals surface area contributed by atoms with Crippen LogP contribution in [0.5, 0.6) is 11.6 Å². The fourth-order valence-corrected chi connectivity index (χ4v) is 3.89. The van der Waals surface area contributed by atoms with Gasteiger partial charge in [-0.1, -0.05) is 24.3 Å². The zero-order chi connectivity index (χ0) is 26.0. The van der Waals surface area contributed by atoms with E-state index in [9.17, 15) is 9.18 Å². The number of ether oxygens (including phenoxy) is 2. The normalized spacial score (nSPS) is 12.6. The van der Waals surface area contributed by atoms with Crippen molar-refractivity contribution < 1.29 is 18.7 Å². The third kappa shape index (κ3) is 6.68. The highest BCUT2D eigenvalue weighted by Gasteiger charge is 2.12. The Kier molecular flexibility index (Phi) is 8.41. The first-order chi connectivity index (χ1) is 18.1. The van der Waals surface area contributed by atoms with Crippen molar-refractivity contribution in [2.75, 3.05) is 41.8 Å². The second-order valence-electron chi connectivity index (χ2n) is 8.06. The molecule has 10 heteroatoms. The molecule has 9 nitrogen and oxygen atoms in total. The molecule has 3 aromatic carbocycles. The number of aryl methyl sites for hydroxylation is 1. The van der Waals surface area contributed by atoms with Gasteiger partial charge in [-0.25, -0.2) is 9.37 Å². The minimum absolute atomic E-state index is 0.161. The number of nitrogens with zero attached hydrogens (tertiary/aromatic N) is 4. The van der Waals surface area contributed by atoms with E-state index in [-0.39, 0.29) is 11.8 Å². The fourth-order valence-electron chi connectivity index (χ4n) is 3.89. The second kappa shape index (κ2) is 12.3. The molecule has 2 N–H and O–H groups in total. The Labute approximate surface area is 213 Å². The largest absolute Gasteiger partial charge is 0.438 e. The summed E-state index contributed by atoms with van der Waals surface area (Å²) in [5.74, 6) is 0.887. The summed E-state index contributed by atoms with van der Waals surface area (Å²) < 4.78 is 24.2. The van der Waals surface area contributed by atoms with Crippen LogP contribution in [-0.2, 0) is 9.53 Å². The van der Waals surface area contributed by atoms with Gasteiger partial charge in [0.25, 0.3) is 0 Å². The van der Waals surface area contributed by atoms with E-state index >= 15 is 0 Å². The Morgan fingerprint density at radius 1 is 1.11 bits per heavy atom. The summed E-state index contributed by atoms with van der Waals surface area (Å²) in [6, 6.07) is 17.7. The second-order valence-corrected chi connectivity index (χ2v) is 8.06. The SMILES string of the molecule is Cc1cc(F)cc(N2CCOCC2)c1.N#CNc1nccc(Oc2ccc(NC=O)c3ccccc23)n1. The molecule has 4 aromatic rings. The predicted molar refractivity (Wildman–Crippen MR) is 139 cm³/mol. The summed E-state index contributed by atoms with van der Waals surface area (Å²) >= 11 is 0. The van der Waals surface area contributed by atoms with Crippen molar-refractivity contribution in [1.29, 1.82) is 5.26 Å². The van der Waals surface area contributed by atoms with Gasteiger partial charge in [0.05, 0.1) is 13.2 Å². The summed E-state index contributed by atoms with van der Waals surface area (Å²) in [7, 11) is 0. The first-order valence-corrected chi connectivity index (χ1v) is 11.5. The number of benzene rings is 3. The average molecular weight is 501 g/mol. The van der Waals surface area contributed by atoms with Crippen LogP contribution in [0.15, 0.2) is 66.9 Å². The average Bonchev–Trinajstić information content (AvgIpc) is 2.91. The summed E-state index contributed by atoms with van der Waals surface area (Å²) in [6.07, 6.45) is 3.88. The van der Waals surface area contributed by atoms with Gasteiger partial charge in [-0.05, 0) is 42.8 Å². The van der Waals surface area contributed by atoms with Gasteiger partial charge < -0.3 is 19.7 Å². The lowest BCUT2D eigenvalue weighted by Gasteiger charge is -2.29. The molecule has 1 aliphatic rings. The summed E-state index contributed by atoms with van der Waals surface area (Å²) in [4.78, 5) is 20.8. The lowest BCUT2D eigenvalue weighted by atomic mass is 10.1. The number of fused-ring (bicyclic) bond motifs is 1. The number of halogens is 1. The third-order valence-electron chi connectivity index (χ3n) is 5.51. The van der Waals surface area contributed by atoms with Crippen LogP contribution in [0.25, 0.3) is 10.8 Å². The third-order valence-corrected chi connectivity index (χ3v) is 5.51. The van der Waals surface area contributed by atoms with Crippen molar-refractivity contribution in [3.05, 3.63) is 78.2 Å². The number of amides is 1. The maximum absolute atomic E-state index is 13.1. The molecule has 0 bridgehead atoms. The first kappa shape index (κ1) is 25.3. The lowest BCUT2D eigenvalue weighted by Crippen LogP contribution is -2.36. The van der Waals surface area contributed by atoms with E-state index in [0.717, 1.165) is 48.3 Å². The summed E-state index contributed by atoms with van der Waals surface area (Å²) in [5.41, 5.74) is 2.62. The molecule has 1 aromatic heterocycles. The molecule has 37 heavy (non-hydrogen) atoms. The highest BCUT2D eigenvalue weighted by atomic mass is 19.1. The van der Waals surface area contributed by atoms with Gasteiger partial charge >= 0.3 is 0 Å². The number of nitriles is 1. The molecule has 2 heterocycles. The quantitative estimate of drug-likeness (QED) is 0.219. The number of rotatable bonds is 6. The Hall–Kier alpha value is -4.75. The van der Waals surface area contributed by atoms with E-state index in [4.69, 9.17) is 14.7 Å². The standard InChI is InChI=1S/C16H11N5O2.C11H14FNO/c17-9-19-16-18-8-7-15(21-16)23-14-6-5-13(20-10-22)11-3-1-2-4-12(11)14;1-9-6-10(12)8-11(7-9)13-2-4-14-5-3-13/h1-8,10H,(H,20,22)(H,18,19,21);6-8H,2-5H2,1H3. The Morgan fingerprint density at radius 2 is 1.89 bits per heavy atom. The molecule has 1 aliphatic heterocycles. The zero-order valence-electron chi connectivity index (χ0n) is 20.1. The molecule has 1 fully saturated rings. The minimum atomic E-state index is -0.161. The molecule has 0 radical (unpaired) electrons. The maximum Gasteiger partial charge on any atom is 0.239 e. The summed E-state index contributed by atoms with van der Waals surface area (Å²) in [6.45, 7) is 5.07. The van der Waals surface area contributed by atoms with E-state index in [1.54, 1.807) is 36.5 Å². The number of hydrogen-bond donors (Lipinski definition) is 2. The number of carbonyl (C=O) groups excluding carboxylic acids is 1. The smallest absolute Gasteiger partial charge is 0.239 e. The molecule has 0 atom stereocenters. The molecular weight excluding hydrogens is 475 g/mol. The van der Waals surface area contributed by atoms with E-state index in [0.29, 0.717) is 23.7 Å². The van der Waals surface area contributed by atoms with Gasteiger partial charge in [0.2, 0.25) is 18.2 Å². The molecule has 1 amide bonds. The lowest BCUT2D eigenvalue weighted by molar-refractivity contribution is -0.105. The topological polar surface area (TPSA) is 112 Å². The molecule has 0 spiro atoms. The van der Waals surface area contributed by atoms with Crippen molar-refractivity contribution in [2.24, 2.45) is 0 Å². The van der Waals surface area contributed by atoms with Gasteiger partial charge in [0.15, 0.2) is 6.19 Å². The number of nitrogens with one attached hydrogen (secondary N) is 2. The predicted octanol–water partition coefficient (Wildman–Crippen LogP) is 4.85. The number of anilines is 3. The van der Waals surface area contributed by atoms with Gasteiger partial charge in [-0.3, -0.25) is 10.1 Å². The van der Waals surface area contributed by atoms with Crippen molar-refractivity contribution in [2.45, 2.75) is 6.92 Å². The molecule has 0 aliphatic carbocycles. The van der Waals surface area contributed by atoms with E-state index in [1.807, 2.05) is 37.3 Å². The van der Waals surface area contributed by atoms with Crippen LogP contribution in [0.3, 0.4) is 0 Å². The van der Waals surface area contributed by atoms with Crippen molar-refractivity contribution >= 4 is 34.5 Å². The maximum atomic E-state index is 13.1. The molecule has 0 unspecified atom stereocenters. The van der Waals surface area contributed by atoms with Crippen LogP contribution in [0, 0.1) is 24.2 Å². The van der Waals surface area contributed by atoms with Gasteiger partial charge in [0.1, 0.15) is 11.6 Å². The van der Waals surface area contributed by atoms with Gasteiger partial charge in [-0.15, -0.1) is 0 Å². The molecule has 188 valence electrons. The highest BCUT2D eigenvalue weighted by molar-refractivity contribution is 6.00. The van der Waals surface area contributed by atoms with Crippen LogP contribution < -0.4 is 20.3 Å². The number of hydrogen-bond acceptors (Lipinski definition) is 8. The van der Waals surface area contributed by atoms with E-state index in [1.165, 1.54) is 6.20 Å². The molecule has 5 rings (SSSR count). The highest BCUT2D eigenvalue weighted by Crippen LogP contribution is 2.33. The van der Waals surface area contributed by atoms with Crippen LogP contribution >= 0.6 is 0 Å². The number of carbonyl (C=O) groups is 1. The summed E-state index contributed by atoms with van der Waals surface area (Å²) in [5, 5.41) is 15.3. The van der Waals surface area contributed by atoms with Crippen LogP contribution in [0.4, 0.5) is 21.7 Å². The molecular formula is C27H25FN6O3. The van der Waals surface area contributed by atoms with E-state index < -0.39 is 0 Å². The van der Waals surface area contributed by atoms with Crippen molar-refractivity contribution in [3.8, 4) is 17.8 Å². The molecule has 1 saturated heterocycles. The van der Waals surface area contributed by atoms with Crippen LogP contribution in [0.2, 0.25) is 0 Å². The number of aromatic nitrogens is 2. The van der Waals surface area contributed by atoms with Gasteiger partial charge in [-0.2, -0.15) is 10.2 Å². The molecule has 0 saturated carbocycles. The van der Waals surface area contributed by atoms with E-state index in [2.05, 4.69) is 25.5 Å². The fraction of sp³-hybridized carbons (Fsp3) is 0.185. The minimum Gasteiger partial charge on any atom is -0.438 e. The first-order valence-electron chi connectivity index (χ1n) is 11.5. The number of morpholine rings is 1. The monoisotopic (exact) mass is 500 g/mol. The van der Waals surface area contributed by atoms with Crippen molar-refractivity contribution in [1.82, 2.24) is 9.97 Å². The van der Waals surface area contributed by atoms with Crippen molar-refractivity contribution in [3.63, 3.8) is 0 Å². The Bertz CT molecular complexity index is 1400.